The number of amides is 2. The second kappa shape index (κ2) is 8.64. The number of methoxy groups -OCH3 is 1. The molecule has 1 aliphatic rings. The van der Waals surface area contributed by atoms with Crippen LogP contribution in [-0.4, -0.2) is 43.7 Å². The number of halogens is 1. The van der Waals surface area contributed by atoms with E-state index in [1.165, 1.54) is 4.88 Å². The lowest BCUT2D eigenvalue weighted by Crippen LogP contribution is -2.45. The van der Waals surface area contributed by atoms with Crippen LogP contribution in [0.25, 0.3) is 0 Å². The number of urea groups is 1. The zero-order valence-electron chi connectivity index (χ0n) is 15.1. The van der Waals surface area contributed by atoms with Gasteiger partial charge in [0, 0.05) is 35.6 Å². The van der Waals surface area contributed by atoms with Crippen molar-refractivity contribution in [3.8, 4) is 5.75 Å². The quantitative estimate of drug-likeness (QED) is 0.799. The van der Waals surface area contributed by atoms with Crippen molar-refractivity contribution < 1.29 is 9.53 Å². The minimum absolute atomic E-state index is 0.00851. The van der Waals surface area contributed by atoms with Crippen molar-refractivity contribution in [3.63, 3.8) is 0 Å². The van der Waals surface area contributed by atoms with Gasteiger partial charge in [0.15, 0.2) is 0 Å². The van der Waals surface area contributed by atoms with Crippen molar-refractivity contribution in [3.05, 3.63) is 45.6 Å². The van der Waals surface area contributed by atoms with E-state index in [0.29, 0.717) is 18.1 Å². The molecule has 1 atom stereocenters. The van der Waals surface area contributed by atoms with Crippen LogP contribution in [0.3, 0.4) is 0 Å². The molecule has 2 heterocycles. The van der Waals surface area contributed by atoms with E-state index in [2.05, 4.69) is 16.3 Å². The van der Waals surface area contributed by atoms with Crippen LogP contribution in [0.5, 0.6) is 5.75 Å². The van der Waals surface area contributed by atoms with E-state index in [-0.39, 0.29) is 12.1 Å². The molecule has 0 saturated carbocycles. The molecular formula is C19H24ClN3O2S. The second-order valence-electron chi connectivity index (χ2n) is 6.29. The van der Waals surface area contributed by atoms with Crippen LogP contribution < -0.4 is 15.0 Å². The van der Waals surface area contributed by atoms with Gasteiger partial charge in [-0.05, 0) is 43.0 Å². The van der Waals surface area contributed by atoms with E-state index in [1.807, 2.05) is 41.5 Å². The summed E-state index contributed by atoms with van der Waals surface area (Å²) in [6, 6.07) is 9.79. The number of nitrogens with zero attached hydrogens (tertiary/aromatic N) is 2. The van der Waals surface area contributed by atoms with Crippen LogP contribution in [0.1, 0.15) is 18.2 Å². The van der Waals surface area contributed by atoms with E-state index in [9.17, 15) is 4.79 Å². The van der Waals surface area contributed by atoms with Crippen LogP contribution in [0.15, 0.2) is 35.7 Å². The van der Waals surface area contributed by atoms with Gasteiger partial charge in [-0.15, -0.1) is 11.3 Å². The molecular weight excluding hydrogens is 370 g/mol. The molecule has 2 aromatic rings. The third kappa shape index (κ3) is 4.43. The molecule has 1 saturated heterocycles. The van der Waals surface area contributed by atoms with Crippen LogP contribution >= 0.6 is 22.9 Å². The number of anilines is 1. The van der Waals surface area contributed by atoms with Gasteiger partial charge >= 0.3 is 6.03 Å². The van der Waals surface area contributed by atoms with Crippen LogP contribution in [0, 0.1) is 0 Å². The highest BCUT2D eigenvalue weighted by atomic mass is 35.5. The molecule has 1 N–H and O–H groups in total. The van der Waals surface area contributed by atoms with E-state index >= 15 is 0 Å². The Morgan fingerprint density at radius 3 is 3.00 bits per heavy atom. The molecule has 26 heavy (non-hydrogen) atoms. The molecule has 140 valence electrons. The van der Waals surface area contributed by atoms with E-state index in [1.54, 1.807) is 18.4 Å². The van der Waals surface area contributed by atoms with Gasteiger partial charge in [-0.3, -0.25) is 0 Å². The first kappa shape index (κ1) is 18.9. The van der Waals surface area contributed by atoms with Gasteiger partial charge < -0.3 is 19.9 Å². The molecule has 0 bridgehead atoms. The third-order valence-corrected chi connectivity index (χ3v) is 5.69. The number of benzene rings is 1. The Balaban J connectivity index is 1.60. The predicted molar refractivity (Wildman–Crippen MR) is 108 cm³/mol. The highest BCUT2D eigenvalue weighted by Crippen LogP contribution is 2.33. The monoisotopic (exact) mass is 393 g/mol. The number of carbonyl (C=O) groups is 1. The molecule has 7 heteroatoms. The lowest BCUT2D eigenvalue weighted by molar-refractivity contribution is 0.195. The van der Waals surface area contributed by atoms with Crippen molar-refractivity contribution in [2.75, 3.05) is 31.6 Å². The third-order valence-electron chi connectivity index (χ3n) is 4.59. The summed E-state index contributed by atoms with van der Waals surface area (Å²) in [4.78, 5) is 17.9. The molecule has 0 spiro atoms. The Hall–Kier alpha value is -1.92. The predicted octanol–water partition coefficient (Wildman–Crippen LogP) is 4.22. The summed E-state index contributed by atoms with van der Waals surface area (Å²) < 4.78 is 5.45. The average Bonchev–Trinajstić information content (AvgIpc) is 3.31. The number of hydrogen-bond acceptors (Lipinski definition) is 4. The standard InChI is InChI=1S/C19H24ClN3O2S/c1-3-22(13-16-5-4-10-26-16)19(24)21-15-8-9-23(12-15)17-11-14(20)6-7-18(17)25-2/h4-7,10-11,15H,3,8-9,12-13H2,1-2H3,(H,21,24)/t15-/m0/s1. The van der Waals surface area contributed by atoms with Gasteiger partial charge in [0.2, 0.25) is 0 Å². The molecule has 0 aliphatic carbocycles. The lowest BCUT2D eigenvalue weighted by atomic mass is 10.2. The smallest absolute Gasteiger partial charge is 0.317 e. The molecule has 0 unspecified atom stereocenters. The summed E-state index contributed by atoms with van der Waals surface area (Å²) in [5.74, 6) is 0.800. The summed E-state index contributed by atoms with van der Waals surface area (Å²) in [5.41, 5.74) is 0.975. The maximum Gasteiger partial charge on any atom is 0.317 e. The number of ether oxygens (including phenoxy) is 1. The van der Waals surface area contributed by atoms with Crippen molar-refractivity contribution in [1.29, 1.82) is 0 Å². The lowest BCUT2D eigenvalue weighted by Gasteiger charge is -2.24. The topological polar surface area (TPSA) is 44.8 Å². The van der Waals surface area contributed by atoms with Gasteiger partial charge in [0.05, 0.1) is 19.3 Å². The Bertz CT molecular complexity index is 738. The maximum absolute atomic E-state index is 12.6. The molecule has 0 radical (unpaired) electrons. The SMILES string of the molecule is CCN(Cc1cccs1)C(=O)N[C@H]1CCN(c2cc(Cl)ccc2OC)C1. The number of nitrogens with one attached hydrogen (secondary N) is 1. The maximum atomic E-state index is 12.6. The van der Waals surface area contributed by atoms with Gasteiger partial charge in [-0.2, -0.15) is 0 Å². The summed E-state index contributed by atoms with van der Waals surface area (Å²) in [6.45, 7) is 4.95. The van der Waals surface area contributed by atoms with E-state index < -0.39 is 0 Å². The fraction of sp³-hybridized carbons (Fsp3) is 0.421. The number of hydrogen-bond donors (Lipinski definition) is 1. The van der Waals surface area contributed by atoms with Crippen molar-refractivity contribution in [1.82, 2.24) is 10.2 Å². The number of rotatable bonds is 6. The highest BCUT2D eigenvalue weighted by Gasteiger charge is 2.27. The first-order valence-electron chi connectivity index (χ1n) is 8.77. The Morgan fingerprint density at radius 1 is 1.46 bits per heavy atom. The number of carbonyl (C=O) groups excluding carboxylic acids is 1. The molecule has 1 aromatic carbocycles. The normalized spacial score (nSPS) is 16.6. The van der Waals surface area contributed by atoms with E-state index in [4.69, 9.17) is 16.3 Å². The van der Waals surface area contributed by atoms with Crippen molar-refractivity contribution >= 4 is 34.7 Å². The Morgan fingerprint density at radius 2 is 2.31 bits per heavy atom. The fourth-order valence-corrected chi connectivity index (χ4v) is 4.08. The zero-order valence-corrected chi connectivity index (χ0v) is 16.6. The van der Waals surface area contributed by atoms with Crippen molar-refractivity contribution in [2.24, 2.45) is 0 Å². The molecule has 5 nitrogen and oxygen atoms in total. The first-order valence-corrected chi connectivity index (χ1v) is 10.0. The second-order valence-corrected chi connectivity index (χ2v) is 7.76. The van der Waals surface area contributed by atoms with E-state index in [0.717, 1.165) is 30.9 Å². The molecule has 1 fully saturated rings. The van der Waals surface area contributed by atoms with Gasteiger partial charge in [0.25, 0.3) is 0 Å². The summed E-state index contributed by atoms with van der Waals surface area (Å²) in [6.07, 6.45) is 0.901. The van der Waals surface area contributed by atoms with Gasteiger partial charge in [-0.1, -0.05) is 17.7 Å². The molecule has 1 aromatic heterocycles. The van der Waals surface area contributed by atoms with Crippen LogP contribution in [0.2, 0.25) is 5.02 Å². The number of thiophene rings is 1. The molecule has 2 amide bonds. The van der Waals surface area contributed by atoms with Crippen LogP contribution in [-0.2, 0) is 6.54 Å². The summed E-state index contributed by atoms with van der Waals surface area (Å²) in [7, 11) is 1.66. The van der Waals surface area contributed by atoms with Crippen LogP contribution in [0.4, 0.5) is 10.5 Å². The van der Waals surface area contributed by atoms with Crippen molar-refractivity contribution in [2.45, 2.75) is 25.9 Å². The summed E-state index contributed by atoms with van der Waals surface area (Å²) in [5, 5.41) is 5.89. The first-order chi connectivity index (χ1) is 12.6. The van der Waals surface area contributed by atoms with Gasteiger partial charge in [-0.25, -0.2) is 4.79 Å². The largest absolute Gasteiger partial charge is 0.495 e. The minimum atomic E-state index is -0.00851. The Kier molecular flexibility index (Phi) is 6.27. The minimum Gasteiger partial charge on any atom is -0.495 e. The fourth-order valence-electron chi connectivity index (χ4n) is 3.19. The highest BCUT2D eigenvalue weighted by molar-refractivity contribution is 7.09. The van der Waals surface area contributed by atoms with Gasteiger partial charge in [0.1, 0.15) is 5.75 Å². The molecule has 3 rings (SSSR count). The Labute approximate surface area is 163 Å². The molecule has 1 aliphatic heterocycles. The summed E-state index contributed by atoms with van der Waals surface area (Å²) >= 11 is 7.82. The average molecular weight is 394 g/mol. The zero-order chi connectivity index (χ0) is 18.5.